The van der Waals surface area contributed by atoms with Crippen LogP contribution in [0.2, 0.25) is 0 Å². The minimum Gasteiger partial charge on any atom is -0.324 e. The number of carbonyl (C=O) groups is 1. The normalized spacial score (nSPS) is 23.0. The Labute approximate surface area is 113 Å². The van der Waals surface area contributed by atoms with Gasteiger partial charge in [-0.05, 0) is 50.9 Å². The van der Waals surface area contributed by atoms with Gasteiger partial charge in [0.1, 0.15) is 5.82 Å². The Morgan fingerprint density at radius 1 is 1.44 bits per heavy atom. The van der Waals surface area contributed by atoms with Crippen molar-refractivity contribution in [3.8, 4) is 0 Å². The number of rotatable bonds is 2. The second kappa shape index (κ2) is 6.16. The number of anilines is 1. The number of hydrogen-bond donors (Lipinski definition) is 2. The van der Waals surface area contributed by atoms with Crippen LogP contribution in [0, 0.1) is 5.82 Å². The fourth-order valence-corrected chi connectivity index (χ4v) is 2.09. The molecular weight excluding hydrogens is 255 g/mol. The summed E-state index contributed by atoms with van der Waals surface area (Å²) in [7, 11) is 0. The van der Waals surface area contributed by atoms with E-state index in [1.165, 1.54) is 12.1 Å². The first-order chi connectivity index (χ1) is 8.10. The summed E-state index contributed by atoms with van der Waals surface area (Å²) in [4.78, 5) is 12.1. The van der Waals surface area contributed by atoms with Crippen molar-refractivity contribution in [2.75, 3.05) is 11.9 Å². The summed E-state index contributed by atoms with van der Waals surface area (Å²) >= 11 is 0. The number of amides is 1. The molecule has 1 fully saturated rings. The maximum atomic E-state index is 13.0. The molecule has 1 atom stereocenters. The van der Waals surface area contributed by atoms with Crippen molar-refractivity contribution in [2.45, 2.75) is 31.7 Å². The van der Waals surface area contributed by atoms with Gasteiger partial charge in [-0.1, -0.05) is 6.07 Å². The summed E-state index contributed by atoms with van der Waals surface area (Å²) in [6, 6.07) is 5.95. The lowest BCUT2D eigenvalue weighted by Crippen LogP contribution is -2.54. The van der Waals surface area contributed by atoms with Crippen LogP contribution in [-0.4, -0.2) is 18.0 Å². The van der Waals surface area contributed by atoms with Crippen LogP contribution in [0.15, 0.2) is 24.3 Å². The highest BCUT2D eigenvalue weighted by atomic mass is 35.5. The lowest BCUT2D eigenvalue weighted by atomic mass is 9.90. The van der Waals surface area contributed by atoms with E-state index in [0.29, 0.717) is 5.69 Å². The molecule has 1 aliphatic rings. The van der Waals surface area contributed by atoms with Crippen molar-refractivity contribution in [3.05, 3.63) is 30.1 Å². The van der Waals surface area contributed by atoms with E-state index < -0.39 is 5.54 Å². The number of carbonyl (C=O) groups excluding carboxylic acids is 1. The molecule has 1 aliphatic heterocycles. The van der Waals surface area contributed by atoms with Gasteiger partial charge in [-0.2, -0.15) is 0 Å². The lowest BCUT2D eigenvalue weighted by molar-refractivity contribution is -0.122. The number of benzene rings is 1. The zero-order valence-corrected chi connectivity index (χ0v) is 11.1. The van der Waals surface area contributed by atoms with Gasteiger partial charge < -0.3 is 10.6 Å². The van der Waals surface area contributed by atoms with Crippen LogP contribution in [0.5, 0.6) is 0 Å². The van der Waals surface area contributed by atoms with E-state index in [1.807, 2.05) is 6.92 Å². The molecule has 18 heavy (non-hydrogen) atoms. The van der Waals surface area contributed by atoms with Crippen LogP contribution in [0.1, 0.15) is 26.2 Å². The zero-order valence-electron chi connectivity index (χ0n) is 10.3. The topological polar surface area (TPSA) is 41.1 Å². The van der Waals surface area contributed by atoms with Gasteiger partial charge in [0.15, 0.2) is 0 Å². The third-order valence-electron chi connectivity index (χ3n) is 3.20. The third kappa shape index (κ3) is 3.43. The highest BCUT2D eigenvalue weighted by Gasteiger charge is 2.34. The first-order valence-corrected chi connectivity index (χ1v) is 5.92. The molecule has 100 valence electrons. The third-order valence-corrected chi connectivity index (χ3v) is 3.20. The Hall–Kier alpha value is -1.13. The molecule has 1 aromatic carbocycles. The standard InChI is InChI=1S/C13H17FN2O.ClH/c1-13(7-2-3-8-15-13)12(17)16-11-6-4-5-10(14)9-11;/h4-6,9,15H,2-3,7-8H2,1H3,(H,16,17);1H. The Morgan fingerprint density at radius 2 is 2.22 bits per heavy atom. The second-order valence-corrected chi connectivity index (χ2v) is 4.68. The minimum absolute atomic E-state index is 0. The van der Waals surface area contributed by atoms with Crippen molar-refractivity contribution in [2.24, 2.45) is 0 Å². The molecule has 3 nitrogen and oxygen atoms in total. The van der Waals surface area contributed by atoms with Crippen LogP contribution in [-0.2, 0) is 4.79 Å². The lowest BCUT2D eigenvalue weighted by Gasteiger charge is -2.33. The predicted octanol–water partition coefficient (Wildman–Crippen LogP) is 2.72. The van der Waals surface area contributed by atoms with Gasteiger partial charge in [-0.25, -0.2) is 4.39 Å². The first kappa shape index (κ1) is 14.9. The number of nitrogens with one attached hydrogen (secondary N) is 2. The molecule has 0 radical (unpaired) electrons. The van der Waals surface area contributed by atoms with Crippen molar-refractivity contribution in [1.82, 2.24) is 5.32 Å². The quantitative estimate of drug-likeness (QED) is 0.869. The van der Waals surface area contributed by atoms with Gasteiger partial charge in [0, 0.05) is 5.69 Å². The van der Waals surface area contributed by atoms with E-state index in [1.54, 1.807) is 12.1 Å². The van der Waals surface area contributed by atoms with Crippen molar-refractivity contribution >= 4 is 24.0 Å². The molecule has 0 saturated carbocycles. The Kier molecular flexibility index (Phi) is 5.11. The van der Waals surface area contributed by atoms with Crippen molar-refractivity contribution in [1.29, 1.82) is 0 Å². The molecule has 0 aliphatic carbocycles. The summed E-state index contributed by atoms with van der Waals surface area (Å²) in [5.74, 6) is -0.438. The molecular formula is C13H18ClFN2O. The first-order valence-electron chi connectivity index (χ1n) is 5.92. The predicted molar refractivity (Wildman–Crippen MR) is 72.5 cm³/mol. The Morgan fingerprint density at radius 3 is 2.83 bits per heavy atom. The van der Waals surface area contributed by atoms with E-state index in [-0.39, 0.29) is 24.1 Å². The SMILES string of the molecule is CC1(C(=O)Nc2cccc(F)c2)CCCCN1.Cl. The molecule has 2 N–H and O–H groups in total. The Bertz CT molecular complexity index is 419. The number of halogens is 2. The van der Waals surface area contributed by atoms with E-state index in [2.05, 4.69) is 10.6 Å². The molecule has 1 heterocycles. The van der Waals surface area contributed by atoms with Gasteiger partial charge in [0.05, 0.1) is 5.54 Å². The van der Waals surface area contributed by atoms with Gasteiger partial charge in [0.25, 0.3) is 0 Å². The molecule has 0 aromatic heterocycles. The van der Waals surface area contributed by atoms with Crippen LogP contribution in [0.4, 0.5) is 10.1 Å². The maximum Gasteiger partial charge on any atom is 0.244 e. The van der Waals surface area contributed by atoms with Gasteiger partial charge >= 0.3 is 0 Å². The fraction of sp³-hybridized carbons (Fsp3) is 0.462. The van der Waals surface area contributed by atoms with Gasteiger partial charge in [-0.3, -0.25) is 4.79 Å². The number of hydrogen-bond acceptors (Lipinski definition) is 2. The average Bonchev–Trinajstić information content (AvgIpc) is 2.30. The van der Waals surface area contributed by atoms with Crippen molar-refractivity contribution in [3.63, 3.8) is 0 Å². The van der Waals surface area contributed by atoms with Gasteiger partial charge in [0.2, 0.25) is 5.91 Å². The maximum absolute atomic E-state index is 13.0. The molecule has 2 rings (SSSR count). The summed E-state index contributed by atoms with van der Waals surface area (Å²) in [6.45, 7) is 2.74. The minimum atomic E-state index is -0.537. The van der Waals surface area contributed by atoms with E-state index in [0.717, 1.165) is 25.8 Å². The monoisotopic (exact) mass is 272 g/mol. The zero-order chi connectivity index (χ0) is 12.3. The van der Waals surface area contributed by atoms with Crippen LogP contribution < -0.4 is 10.6 Å². The van der Waals surface area contributed by atoms with Crippen LogP contribution in [0.3, 0.4) is 0 Å². The van der Waals surface area contributed by atoms with E-state index >= 15 is 0 Å². The molecule has 1 amide bonds. The van der Waals surface area contributed by atoms with Crippen molar-refractivity contribution < 1.29 is 9.18 Å². The summed E-state index contributed by atoms with van der Waals surface area (Å²) in [6.07, 6.45) is 2.96. The Balaban J connectivity index is 0.00000162. The smallest absolute Gasteiger partial charge is 0.244 e. The van der Waals surface area contributed by atoms with Gasteiger partial charge in [-0.15, -0.1) is 12.4 Å². The molecule has 1 saturated heterocycles. The van der Waals surface area contributed by atoms with Crippen LogP contribution in [0.25, 0.3) is 0 Å². The molecule has 5 heteroatoms. The number of piperidine rings is 1. The summed E-state index contributed by atoms with van der Waals surface area (Å²) in [5.41, 5.74) is -0.0338. The van der Waals surface area contributed by atoms with E-state index in [9.17, 15) is 9.18 Å². The molecule has 0 bridgehead atoms. The highest BCUT2D eigenvalue weighted by molar-refractivity contribution is 5.97. The molecule has 1 unspecified atom stereocenters. The average molecular weight is 273 g/mol. The highest BCUT2D eigenvalue weighted by Crippen LogP contribution is 2.21. The molecule has 1 aromatic rings. The summed E-state index contributed by atoms with van der Waals surface area (Å²) < 4.78 is 13.0. The van der Waals surface area contributed by atoms with Crippen LogP contribution >= 0.6 is 12.4 Å². The van der Waals surface area contributed by atoms with E-state index in [4.69, 9.17) is 0 Å². The molecule has 0 spiro atoms. The summed E-state index contributed by atoms with van der Waals surface area (Å²) in [5, 5.41) is 5.98. The second-order valence-electron chi connectivity index (χ2n) is 4.68. The fourth-order valence-electron chi connectivity index (χ4n) is 2.09. The largest absolute Gasteiger partial charge is 0.324 e.